The van der Waals surface area contributed by atoms with Gasteiger partial charge in [-0.1, -0.05) is 6.07 Å². The second kappa shape index (κ2) is 4.72. The third-order valence-electron chi connectivity index (χ3n) is 1.72. The maximum absolute atomic E-state index is 9.44. The van der Waals surface area contributed by atoms with Crippen LogP contribution in [-0.2, 0) is 6.42 Å². The van der Waals surface area contributed by atoms with E-state index in [4.69, 9.17) is 9.84 Å². The highest BCUT2D eigenvalue weighted by molar-refractivity contribution is 5.41. The van der Waals surface area contributed by atoms with E-state index in [1.165, 1.54) is 0 Å². The topological polar surface area (TPSA) is 49.7 Å². The van der Waals surface area contributed by atoms with Crippen molar-refractivity contribution in [2.75, 3.05) is 13.2 Å². The van der Waals surface area contributed by atoms with Gasteiger partial charge in [-0.25, -0.2) is 0 Å². The Bertz CT molecular complexity index is 271. The Kier molecular flexibility index (Phi) is 3.58. The lowest BCUT2D eigenvalue weighted by atomic mass is 10.1. The molecule has 0 saturated heterocycles. The predicted octanol–water partition coefficient (Wildman–Crippen LogP) is 1.33. The van der Waals surface area contributed by atoms with Crippen LogP contribution in [0.15, 0.2) is 18.2 Å². The zero-order valence-electron chi connectivity index (χ0n) is 7.66. The Hall–Kier alpha value is -1.22. The van der Waals surface area contributed by atoms with Gasteiger partial charge < -0.3 is 14.9 Å². The quantitative estimate of drug-likeness (QED) is 0.738. The molecule has 1 aromatic carbocycles. The van der Waals surface area contributed by atoms with E-state index in [2.05, 4.69) is 0 Å². The Morgan fingerprint density at radius 3 is 2.69 bits per heavy atom. The van der Waals surface area contributed by atoms with Gasteiger partial charge in [-0.3, -0.25) is 0 Å². The van der Waals surface area contributed by atoms with Crippen LogP contribution in [0.4, 0.5) is 0 Å². The molecule has 72 valence electrons. The van der Waals surface area contributed by atoms with Gasteiger partial charge in [-0.05, 0) is 31.0 Å². The number of phenols is 1. The number of aliphatic hydroxyl groups is 1. The van der Waals surface area contributed by atoms with E-state index >= 15 is 0 Å². The number of hydrogen-bond donors (Lipinski definition) is 2. The van der Waals surface area contributed by atoms with Crippen molar-refractivity contribution in [2.24, 2.45) is 0 Å². The molecule has 0 heterocycles. The lowest BCUT2D eigenvalue weighted by molar-refractivity contribution is 0.298. The lowest BCUT2D eigenvalue weighted by Crippen LogP contribution is -1.94. The van der Waals surface area contributed by atoms with Crippen molar-refractivity contribution >= 4 is 0 Å². The van der Waals surface area contributed by atoms with Gasteiger partial charge in [0.05, 0.1) is 6.61 Å². The van der Waals surface area contributed by atoms with E-state index in [9.17, 15) is 5.11 Å². The van der Waals surface area contributed by atoms with Crippen LogP contribution in [0.25, 0.3) is 0 Å². The molecule has 0 aliphatic heterocycles. The molecule has 2 N–H and O–H groups in total. The molecule has 0 aliphatic carbocycles. The monoisotopic (exact) mass is 182 g/mol. The van der Waals surface area contributed by atoms with Gasteiger partial charge in [-0.15, -0.1) is 0 Å². The summed E-state index contributed by atoms with van der Waals surface area (Å²) >= 11 is 0. The molecule has 1 rings (SSSR count). The Balaban J connectivity index is 2.79. The summed E-state index contributed by atoms with van der Waals surface area (Å²) in [5.74, 6) is 0.622. The molecule has 3 heteroatoms. The van der Waals surface area contributed by atoms with E-state index in [1.807, 2.05) is 13.0 Å². The van der Waals surface area contributed by atoms with Crippen molar-refractivity contribution in [3.05, 3.63) is 23.8 Å². The molecule has 0 saturated carbocycles. The van der Waals surface area contributed by atoms with E-state index in [0.29, 0.717) is 18.8 Å². The molecule has 3 nitrogen and oxygen atoms in total. The number of phenolic OH excluding ortho intramolecular Hbond substituents is 1. The van der Waals surface area contributed by atoms with E-state index in [-0.39, 0.29) is 12.4 Å². The molecule has 0 amide bonds. The summed E-state index contributed by atoms with van der Waals surface area (Å²) in [7, 11) is 0. The molecule has 1 aromatic rings. The fourth-order valence-electron chi connectivity index (χ4n) is 1.13. The normalized spacial score (nSPS) is 10.0. The fourth-order valence-corrected chi connectivity index (χ4v) is 1.13. The third kappa shape index (κ3) is 2.63. The molecule has 0 spiro atoms. The van der Waals surface area contributed by atoms with Crippen molar-refractivity contribution in [1.29, 1.82) is 0 Å². The number of aromatic hydroxyl groups is 1. The van der Waals surface area contributed by atoms with E-state index < -0.39 is 0 Å². The average Bonchev–Trinajstić information content (AvgIpc) is 2.10. The van der Waals surface area contributed by atoms with Gasteiger partial charge in [0.2, 0.25) is 0 Å². The van der Waals surface area contributed by atoms with Crippen LogP contribution in [0.1, 0.15) is 12.5 Å². The minimum Gasteiger partial charge on any atom is -0.504 e. The van der Waals surface area contributed by atoms with Gasteiger partial charge in [0.1, 0.15) is 0 Å². The van der Waals surface area contributed by atoms with Crippen molar-refractivity contribution < 1.29 is 14.9 Å². The van der Waals surface area contributed by atoms with Crippen LogP contribution in [-0.4, -0.2) is 23.4 Å². The summed E-state index contributed by atoms with van der Waals surface area (Å²) in [5, 5.41) is 18.1. The summed E-state index contributed by atoms with van der Waals surface area (Å²) in [5.41, 5.74) is 0.906. The van der Waals surface area contributed by atoms with Gasteiger partial charge in [0.15, 0.2) is 11.5 Å². The minimum absolute atomic E-state index is 0.0907. The zero-order chi connectivity index (χ0) is 9.68. The van der Waals surface area contributed by atoms with Crippen molar-refractivity contribution in [3.8, 4) is 11.5 Å². The van der Waals surface area contributed by atoms with Crippen LogP contribution in [0.2, 0.25) is 0 Å². The van der Waals surface area contributed by atoms with Crippen LogP contribution in [0.3, 0.4) is 0 Å². The van der Waals surface area contributed by atoms with Gasteiger partial charge in [0.25, 0.3) is 0 Å². The second-order valence-corrected chi connectivity index (χ2v) is 2.71. The summed E-state index contributed by atoms with van der Waals surface area (Å²) in [6.07, 6.45) is 0.556. The zero-order valence-corrected chi connectivity index (χ0v) is 7.66. The highest BCUT2D eigenvalue weighted by Gasteiger charge is 2.02. The first kappa shape index (κ1) is 9.86. The Morgan fingerprint density at radius 1 is 1.38 bits per heavy atom. The van der Waals surface area contributed by atoms with Gasteiger partial charge >= 0.3 is 0 Å². The smallest absolute Gasteiger partial charge is 0.160 e. The average molecular weight is 182 g/mol. The lowest BCUT2D eigenvalue weighted by Gasteiger charge is -2.06. The van der Waals surface area contributed by atoms with E-state index in [1.54, 1.807) is 12.1 Å². The Labute approximate surface area is 77.6 Å². The molecule has 0 aliphatic rings. The Morgan fingerprint density at radius 2 is 2.15 bits per heavy atom. The number of ether oxygens (including phenoxy) is 1. The molecule has 0 aromatic heterocycles. The third-order valence-corrected chi connectivity index (χ3v) is 1.72. The van der Waals surface area contributed by atoms with Crippen LogP contribution < -0.4 is 4.74 Å². The van der Waals surface area contributed by atoms with Crippen molar-refractivity contribution in [2.45, 2.75) is 13.3 Å². The van der Waals surface area contributed by atoms with Crippen LogP contribution in [0.5, 0.6) is 11.5 Å². The van der Waals surface area contributed by atoms with Crippen molar-refractivity contribution in [1.82, 2.24) is 0 Å². The first-order valence-corrected chi connectivity index (χ1v) is 4.33. The highest BCUT2D eigenvalue weighted by Crippen LogP contribution is 2.26. The van der Waals surface area contributed by atoms with Gasteiger partial charge in [0, 0.05) is 6.61 Å². The molecule has 0 bridgehead atoms. The predicted molar refractivity (Wildman–Crippen MR) is 50.1 cm³/mol. The number of rotatable bonds is 4. The minimum atomic E-state index is 0.0907. The first-order chi connectivity index (χ1) is 6.27. The molecule has 0 radical (unpaired) electrons. The fraction of sp³-hybridized carbons (Fsp3) is 0.400. The summed E-state index contributed by atoms with van der Waals surface area (Å²) in [6.45, 7) is 2.49. The summed E-state index contributed by atoms with van der Waals surface area (Å²) < 4.78 is 5.16. The molecule has 0 atom stereocenters. The number of benzene rings is 1. The number of aliphatic hydroxyl groups excluding tert-OH is 1. The highest BCUT2D eigenvalue weighted by atomic mass is 16.5. The second-order valence-electron chi connectivity index (χ2n) is 2.71. The van der Waals surface area contributed by atoms with E-state index in [0.717, 1.165) is 5.56 Å². The van der Waals surface area contributed by atoms with Gasteiger partial charge in [-0.2, -0.15) is 0 Å². The molecular weight excluding hydrogens is 168 g/mol. The molecular formula is C10H14O3. The van der Waals surface area contributed by atoms with Crippen LogP contribution in [0, 0.1) is 0 Å². The maximum Gasteiger partial charge on any atom is 0.160 e. The molecule has 0 unspecified atom stereocenters. The number of hydrogen-bond acceptors (Lipinski definition) is 3. The standard InChI is InChI=1S/C10H14O3/c1-2-13-10-4-3-8(5-6-11)7-9(10)12/h3-4,7,11-12H,2,5-6H2,1H3. The first-order valence-electron chi connectivity index (χ1n) is 4.33. The van der Waals surface area contributed by atoms with Crippen LogP contribution >= 0.6 is 0 Å². The molecule has 13 heavy (non-hydrogen) atoms. The summed E-state index contributed by atoms with van der Waals surface area (Å²) in [6, 6.07) is 5.16. The largest absolute Gasteiger partial charge is 0.504 e. The van der Waals surface area contributed by atoms with Crippen molar-refractivity contribution in [3.63, 3.8) is 0 Å². The summed E-state index contributed by atoms with van der Waals surface area (Å²) in [4.78, 5) is 0. The SMILES string of the molecule is CCOc1ccc(CCO)cc1O. The molecule has 0 fully saturated rings. The maximum atomic E-state index is 9.44.